The lowest BCUT2D eigenvalue weighted by atomic mass is 10.1. The number of nitro benzene ring substituents is 3. The quantitative estimate of drug-likeness (QED) is 0.0963. The van der Waals surface area contributed by atoms with E-state index in [0.29, 0.717) is 58.9 Å². The second-order valence-corrected chi connectivity index (χ2v) is 9.59. The molecule has 15 nitrogen and oxygen atoms in total. The van der Waals surface area contributed by atoms with E-state index >= 15 is 0 Å². The Hall–Kier alpha value is -6.48. The summed E-state index contributed by atoms with van der Waals surface area (Å²) < 4.78 is 17.1. The van der Waals surface area contributed by atoms with Gasteiger partial charge >= 0.3 is 0 Å². The van der Waals surface area contributed by atoms with Crippen molar-refractivity contribution in [3.63, 3.8) is 0 Å². The standard InChI is InChI=1S/C12H14N4O3.C11H11NO3.C10H9NO3/c1-3-9-6-11(4-5-12(9)16(17)18)19-8-10-7-15(2)14-13-10;1-3-7-15-10-5-6-11(12(13)14)9(4-2)8-10;1-3-8-7-9(14-4-2)5-6-10(8)11(12)13/h4-7H,3,8H2,1-2H3;1,5-6,8H,4,7H2,2H3;2,5-7H,3H2,1H3. The average molecular weight is 659 g/mol. The smallest absolute Gasteiger partial charge is 0.272 e. The Bertz CT molecular complexity index is 1810. The van der Waals surface area contributed by atoms with E-state index in [-0.39, 0.29) is 35.2 Å². The zero-order valence-electron chi connectivity index (χ0n) is 26.8. The maximum absolute atomic E-state index is 10.8. The van der Waals surface area contributed by atoms with Crippen LogP contribution in [0.3, 0.4) is 0 Å². The van der Waals surface area contributed by atoms with Crippen LogP contribution in [-0.4, -0.2) is 36.4 Å². The highest BCUT2D eigenvalue weighted by Crippen LogP contribution is 2.26. The van der Waals surface area contributed by atoms with Gasteiger partial charge in [-0.05, 0) is 55.7 Å². The topological polar surface area (TPSA) is 188 Å². The van der Waals surface area contributed by atoms with Crippen LogP contribution in [0.15, 0.2) is 60.8 Å². The molecule has 250 valence electrons. The third kappa shape index (κ3) is 11.5. The van der Waals surface area contributed by atoms with Crippen molar-refractivity contribution in [3.05, 3.63) is 114 Å². The molecule has 0 spiro atoms. The van der Waals surface area contributed by atoms with Gasteiger partial charge in [-0.2, -0.15) is 0 Å². The Kier molecular flexibility index (Phi) is 15.0. The van der Waals surface area contributed by atoms with Gasteiger partial charge in [0.05, 0.1) is 21.0 Å². The molecule has 0 unspecified atom stereocenters. The lowest BCUT2D eigenvalue weighted by Crippen LogP contribution is -1.99. The third-order valence-corrected chi connectivity index (χ3v) is 6.42. The van der Waals surface area contributed by atoms with Gasteiger partial charge in [0, 0.05) is 41.9 Å². The molecule has 0 fully saturated rings. The molecule has 1 heterocycles. The second kappa shape index (κ2) is 19.1. The number of rotatable bonds is 12. The first-order valence-corrected chi connectivity index (χ1v) is 14.5. The molecule has 0 saturated heterocycles. The summed E-state index contributed by atoms with van der Waals surface area (Å²) in [6.45, 7) is 6.01. The SMILES string of the molecule is C#CCOc1ccc([N+](=O)[O-])c(CC)c1.C#COc1ccc([N+](=O)[O-])c(CC)c1.CCc1cc(OCc2cn(C)nn2)ccc1[N+](=O)[O-]. The molecular weight excluding hydrogens is 624 g/mol. The highest BCUT2D eigenvalue weighted by molar-refractivity contribution is 5.47. The predicted octanol–water partition coefficient (Wildman–Crippen LogP) is 6.16. The van der Waals surface area contributed by atoms with Gasteiger partial charge in [0.2, 0.25) is 0 Å². The summed E-state index contributed by atoms with van der Waals surface area (Å²) >= 11 is 0. The van der Waals surface area contributed by atoms with Gasteiger partial charge in [0.25, 0.3) is 17.1 Å². The Morgan fingerprint density at radius 3 is 1.54 bits per heavy atom. The Morgan fingerprint density at radius 2 is 1.17 bits per heavy atom. The number of aryl methyl sites for hydroxylation is 4. The van der Waals surface area contributed by atoms with Crippen LogP contribution in [0.4, 0.5) is 17.1 Å². The van der Waals surface area contributed by atoms with Crippen LogP contribution in [0.1, 0.15) is 43.2 Å². The van der Waals surface area contributed by atoms with Gasteiger partial charge in [0.1, 0.15) is 42.3 Å². The molecule has 0 aliphatic rings. The van der Waals surface area contributed by atoms with E-state index in [9.17, 15) is 30.3 Å². The number of hydrogen-bond donors (Lipinski definition) is 0. The molecule has 48 heavy (non-hydrogen) atoms. The summed E-state index contributed by atoms with van der Waals surface area (Å²) in [6.07, 6.45) is 15.5. The van der Waals surface area contributed by atoms with Crippen LogP contribution in [-0.2, 0) is 32.9 Å². The van der Waals surface area contributed by atoms with Gasteiger partial charge in [-0.25, -0.2) is 0 Å². The first kappa shape index (κ1) is 37.7. The largest absolute Gasteiger partial charge is 0.487 e. The molecule has 0 bridgehead atoms. The number of hydrogen-bond acceptors (Lipinski definition) is 11. The Morgan fingerprint density at radius 1 is 0.729 bits per heavy atom. The summed E-state index contributed by atoms with van der Waals surface area (Å²) in [7, 11) is 1.78. The minimum Gasteiger partial charge on any atom is -0.487 e. The monoisotopic (exact) mass is 658 g/mol. The normalized spacial score (nSPS) is 9.71. The van der Waals surface area contributed by atoms with Crippen LogP contribution in [0.25, 0.3) is 0 Å². The van der Waals surface area contributed by atoms with E-state index in [1.807, 2.05) is 26.9 Å². The highest BCUT2D eigenvalue weighted by atomic mass is 16.6. The lowest BCUT2D eigenvalue weighted by molar-refractivity contribution is -0.385. The van der Waals surface area contributed by atoms with E-state index < -0.39 is 9.85 Å². The fraction of sp³-hybridized carbons (Fsp3) is 0.273. The summed E-state index contributed by atoms with van der Waals surface area (Å²) in [5.74, 6) is 3.94. The van der Waals surface area contributed by atoms with E-state index in [1.54, 1.807) is 48.3 Å². The van der Waals surface area contributed by atoms with Crippen LogP contribution >= 0.6 is 0 Å². The molecule has 0 aliphatic carbocycles. The van der Waals surface area contributed by atoms with Crippen LogP contribution < -0.4 is 14.2 Å². The number of ether oxygens (including phenoxy) is 3. The van der Waals surface area contributed by atoms with Crippen molar-refractivity contribution in [2.24, 2.45) is 7.05 Å². The van der Waals surface area contributed by atoms with E-state index in [1.165, 1.54) is 24.3 Å². The van der Waals surface area contributed by atoms with Crippen molar-refractivity contribution in [1.82, 2.24) is 15.0 Å². The van der Waals surface area contributed by atoms with Crippen molar-refractivity contribution < 1.29 is 29.0 Å². The number of aromatic nitrogens is 3. The molecule has 0 atom stereocenters. The number of terminal acetylenes is 2. The minimum absolute atomic E-state index is 0.0943. The molecule has 0 N–H and O–H groups in total. The van der Waals surface area contributed by atoms with Gasteiger partial charge in [0.15, 0.2) is 0 Å². The molecule has 4 aromatic rings. The Labute approximate surface area is 276 Å². The zero-order chi connectivity index (χ0) is 35.6. The van der Waals surface area contributed by atoms with Crippen molar-refractivity contribution >= 4 is 17.1 Å². The first-order chi connectivity index (χ1) is 23.0. The van der Waals surface area contributed by atoms with Crippen molar-refractivity contribution in [3.8, 4) is 42.1 Å². The molecule has 0 amide bonds. The van der Waals surface area contributed by atoms with Gasteiger partial charge in [-0.15, -0.1) is 11.5 Å². The molecule has 0 aliphatic heterocycles. The summed E-state index contributed by atoms with van der Waals surface area (Å²) in [5.41, 5.74) is 2.95. The fourth-order valence-electron chi connectivity index (χ4n) is 4.12. The maximum Gasteiger partial charge on any atom is 0.272 e. The average Bonchev–Trinajstić information content (AvgIpc) is 3.51. The first-order valence-electron chi connectivity index (χ1n) is 14.5. The fourth-order valence-corrected chi connectivity index (χ4v) is 4.12. The number of nitro groups is 3. The van der Waals surface area contributed by atoms with Crippen molar-refractivity contribution in [1.29, 1.82) is 0 Å². The molecular formula is C33H34N6O9. The Balaban J connectivity index is 0.000000254. The number of benzene rings is 3. The van der Waals surface area contributed by atoms with Crippen molar-refractivity contribution in [2.45, 2.75) is 46.6 Å². The van der Waals surface area contributed by atoms with E-state index in [2.05, 4.69) is 16.2 Å². The lowest BCUT2D eigenvalue weighted by Gasteiger charge is -2.06. The molecule has 15 heteroatoms. The highest BCUT2D eigenvalue weighted by Gasteiger charge is 2.15. The van der Waals surface area contributed by atoms with Gasteiger partial charge < -0.3 is 14.2 Å². The molecule has 0 saturated carbocycles. The summed E-state index contributed by atoms with van der Waals surface area (Å²) in [5, 5.41) is 39.7. The minimum atomic E-state index is -0.418. The molecule has 0 radical (unpaired) electrons. The summed E-state index contributed by atoms with van der Waals surface area (Å²) in [6, 6.07) is 13.8. The molecule has 3 aromatic carbocycles. The number of nitrogens with zero attached hydrogens (tertiary/aromatic N) is 6. The van der Waals surface area contributed by atoms with Crippen LogP contribution in [0.5, 0.6) is 17.2 Å². The predicted molar refractivity (Wildman–Crippen MR) is 177 cm³/mol. The van der Waals surface area contributed by atoms with Crippen molar-refractivity contribution in [2.75, 3.05) is 6.61 Å². The third-order valence-electron chi connectivity index (χ3n) is 6.42. The molecule has 1 aromatic heterocycles. The van der Waals surface area contributed by atoms with Crippen LogP contribution in [0.2, 0.25) is 0 Å². The van der Waals surface area contributed by atoms with E-state index in [0.717, 1.165) is 0 Å². The molecule has 4 rings (SSSR count). The maximum atomic E-state index is 10.8. The summed E-state index contributed by atoms with van der Waals surface area (Å²) in [4.78, 5) is 30.8. The van der Waals surface area contributed by atoms with Crippen LogP contribution in [0, 0.1) is 55.2 Å². The second-order valence-electron chi connectivity index (χ2n) is 9.59. The zero-order valence-corrected chi connectivity index (χ0v) is 26.8. The van der Waals surface area contributed by atoms with E-state index in [4.69, 9.17) is 27.1 Å². The van der Waals surface area contributed by atoms with Gasteiger partial charge in [-0.3, -0.25) is 35.0 Å². The van der Waals surface area contributed by atoms with Gasteiger partial charge in [-0.1, -0.05) is 38.3 Å².